The number of hydrogen-bond acceptors (Lipinski definition) is 8. The molecule has 39 heavy (non-hydrogen) atoms. The zero-order chi connectivity index (χ0) is 26.3. The molecule has 6 aromatic rings. The van der Waals surface area contributed by atoms with Crippen LogP contribution in [0.3, 0.4) is 0 Å². The third-order valence-electron chi connectivity index (χ3n) is 7.12. The fourth-order valence-electron chi connectivity index (χ4n) is 5.14. The number of Topliss-reactive ketones (excluding diaryl/α,β-unsaturated/α-hetero) is 1. The first-order valence-electron chi connectivity index (χ1n) is 13.0. The molecule has 2 N–H and O–H groups in total. The SMILES string of the molecule is CC(=O)c1ccc(-c2nccc3[nH]c(-c4n[nH]c5cnc(-c6cncc(OC7CCCCC7)c6)cc45)nc23)s1. The van der Waals surface area contributed by atoms with Crippen molar-refractivity contribution in [2.45, 2.75) is 45.1 Å². The van der Waals surface area contributed by atoms with Gasteiger partial charge in [0.1, 0.15) is 22.7 Å². The van der Waals surface area contributed by atoms with Gasteiger partial charge in [-0.2, -0.15) is 5.10 Å². The number of nitrogens with one attached hydrogen (secondary N) is 2. The first-order chi connectivity index (χ1) is 19.1. The lowest BCUT2D eigenvalue weighted by Crippen LogP contribution is -2.19. The van der Waals surface area contributed by atoms with E-state index in [4.69, 9.17) is 9.72 Å². The molecule has 0 unspecified atom stereocenters. The van der Waals surface area contributed by atoms with Crippen molar-refractivity contribution in [3.8, 4) is 39.1 Å². The molecule has 6 aromatic heterocycles. The van der Waals surface area contributed by atoms with Crippen LogP contribution >= 0.6 is 11.3 Å². The van der Waals surface area contributed by atoms with Gasteiger partial charge in [-0.1, -0.05) is 6.42 Å². The molecule has 0 aromatic carbocycles. The second kappa shape index (κ2) is 9.70. The van der Waals surface area contributed by atoms with Gasteiger partial charge in [-0.3, -0.25) is 24.8 Å². The van der Waals surface area contributed by atoms with Gasteiger partial charge in [-0.05, 0) is 62.9 Å². The monoisotopic (exact) mass is 535 g/mol. The van der Waals surface area contributed by atoms with E-state index in [9.17, 15) is 4.79 Å². The summed E-state index contributed by atoms with van der Waals surface area (Å²) in [6.45, 7) is 1.57. The first kappa shape index (κ1) is 23.7. The molecule has 0 radical (unpaired) electrons. The molecule has 0 bridgehead atoms. The minimum absolute atomic E-state index is 0.0369. The van der Waals surface area contributed by atoms with Gasteiger partial charge >= 0.3 is 0 Å². The van der Waals surface area contributed by atoms with Crippen LogP contribution in [0.1, 0.15) is 48.7 Å². The highest BCUT2D eigenvalue weighted by atomic mass is 32.1. The smallest absolute Gasteiger partial charge is 0.169 e. The number of nitrogens with zero attached hydrogens (tertiary/aromatic N) is 5. The normalized spacial score (nSPS) is 14.3. The van der Waals surface area contributed by atoms with Crippen LogP contribution in [-0.2, 0) is 0 Å². The van der Waals surface area contributed by atoms with E-state index in [2.05, 4.69) is 30.1 Å². The minimum Gasteiger partial charge on any atom is -0.489 e. The van der Waals surface area contributed by atoms with Gasteiger partial charge in [-0.15, -0.1) is 11.3 Å². The molecule has 6 heterocycles. The van der Waals surface area contributed by atoms with E-state index in [-0.39, 0.29) is 11.9 Å². The Morgan fingerprint density at radius 2 is 1.90 bits per heavy atom. The second-order valence-corrected chi connectivity index (χ2v) is 10.9. The zero-order valence-electron chi connectivity index (χ0n) is 21.3. The summed E-state index contributed by atoms with van der Waals surface area (Å²) >= 11 is 1.42. The number of imidazole rings is 1. The third kappa shape index (κ3) is 4.46. The lowest BCUT2D eigenvalue weighted by molar-refractivity contribution is 0.102. The van der Waals surface area contributed by atoms with E-state index in [0.717, 1.165) is 62.4 Å². The maximum Gasteiger partial charge on any atom is 0.169 e. The van der Waals surface area contributed by atoms with Crippen LogP contribution in [0.15, 0.2) is 55.1 Å². The first-order valence-corrected chi connectivity index (χ1v) is 13.9. The Labute approximate surface area is 227 Å². The zero-order valence-corrected chi connectivity index (χ0v) is 22.1. The van der Waals surface area contributed by atoms with E-state index in [0.29, 0.717) is 16.4 Å². The quantitative estimate of drug-likeness (QED) is 0.230. The molecular formula is C29H25N7O2S. The summed E-state index contributed by atoms with van der Waals surface area (Å²) < 4.78 is 6.23. The number of pyridine rings is 3. The number of aromatic amines is 2. The Hall–Kier alpha value is -4.44. The molecule has 0 spiro atoms. The van der Waals surface area contributed by atoms with Crippen LogP contribution in [0.25, 0.3) is 55.3 Å². The van der Waals surface area contributed by atoms with Gasteiger partial charge in [0.05, 0.1) is 45.0 Å². The van der Waals surface area contributed by atoms with E-state index >= 15 is 0 Å². The fourth-order valence-corrected chi connectivity index (χ4v) is 6.03. The summed E-state index contributed by atoms with van der Waals surface area (Å²) in [4.78, 5) is 35.3. The van der Waals surface area contributed by atoms with Crippen LogP contribution < -0.4 is 4.74 Å². The van der Waals surface area contributed by atoms with E-state index < -0.39 is 0 Å². The number of carbonyl (C=O) groups is 1. The Balaban J connectivity index is 1.25. The molecule has 0 amide bonds. The molecule has 194 valence electrons. The second-order valence-electron chi connectivity index (χ2n) is 9.84. The maximum absolute atomic E-state index is 11.8. The van der Waals surface area contributed by atoms with Crippen LogP contribution in [-0.4, -0.2) is 47.0 Å². The summed E-state index contributed by atoms with van der Waals surface area (Å²) in [5.74, 6) is 1.43. The van der Waals surface area contributed by atoms with Crippen molar-refractivity contribution >= 4 is 39.1 Å². The van der Waals surface area contributed by atoms with Crippen LogP contribution in [0.4, 0.5) is 0 Å². The van der Waals surface area contributed by atoms with Gasteiger partial charge in [0.25, 0.3) is 0 Å². The average Bonchev–Trinajstić information content (AvgIpc) is 3.71. The molecule has 7 rings (SSSR count). The van der Waals surface area contributed by atoms with Crippen LogP contribution in [0.5, 0.6) is 5.75 Å². The van der Waals surface area contributed by atoms with Crippen molar-refractivity contribution in [3.05, 3.63) is 60.0 Å². The molecule has 1 saturated carbocycles. The Morgan fingerprint density at radius 1 is 1.00 bits per heavy atom. The van der Waals surface area contributed by atoms with Gasteiger partial charge in [0.15, 0.2) is 11.6 Å². The summed E-state index contributed by atoms with van der Waals surface area (Å²) in [5.41, 5.74) is 5.46. The molecule has 10 heteroatoms. The van der Waals surface area contributed by atoms with Gasteiger partial charge in [0, 0.05) is 23.3 Å². The highest BCUT2D eigenvalue weighted by molar-refractivity contribution is 7.17. The van der Waals surface area contributed by atoms with Gasteiger partial charge in [0.2, 0.25) is 0 Å². The standard InChI is InChI=1S/C29H25N7O2S/c1-16(37)24-7-8-25(39-24)28-27-21(9-10-31-28)33-29(34-27)26-20-12-22(32-15-23(20)35-36-26)17-11-19(14-30-13-17)38-18-5-3-2-4-6-18/h7-15,18H,2-6H2,1H3,(H,33,34)(H,35,36). The van der Waals surface area contributed by atoms with Crippen LogP contribution in [0.2, 0.25) is 0 Å². The number of fused-ring (bicyclic) bond motifs is 2. The minimum atomic E-state index is 0.0369. The predicted molar refractivity (Wildman–Crippen MR) is 151 cm³/mol. The Bertz CT molecular complexity index is 1830. The van der Waals surface area contributed by atoms with Crippen LogP contribution in [0, 0.1) is 0 Å². The largest absolute Gasteiger partial charge is 0.489 e. The lowest BCUT2D eigenvalue weighted by atomic mass is 9.98. The average molecular weight is 536 g/mol. The molecule has 1 aliphatic carbocycles. The molecule has 9 nitrogen and oxygen atoms in total. The number of carbonyl (C=O) groups excluding carboxylic acids is 1. The Morgan fingerprint density at radius 3 is 2.74 bits per heavy atom. The molecular weight excluding hydrogens is 510 g/mol. The number of thiophene rings is 1. The highest BCUT2D eigenvalue weighted by Crippen LogP contribution is 2.34. The molecule has 1 fully saturated rings. The topological polar surface area (TPSA) is 122 Å². The van der Waals surface area contributed by atoms with Crippen molar-refractivity contribution in [1.29, 1.82) is 0 Å². The van der Waals surface area contributed by atoms with Gasteiger partial charge < -0.3 is 9.72 Å². The third-order valence-corrected chi connectivity index (χ3v) is 8.32. The molecule has 0 saturated heterocycles. The van der Waals surface area contributed by atoms with Gasteiger partial charge in [-0.25, -0.2) is 4.98 Å². The fraction of sp³-hybridized carbons (Fsp3) is 0.241. The number of aromatic nitrogens is 7. The van der Waals surface area contributed by atoms with Crippen molar-refractivity contribution in [2.24, 2.45) is 0 Å². The summed E-state index contributed by atoms with van der Waals surface area (Å²) in [6.07, 6.45) is 13.2. The van der Waals surface area contributed by atoms with E-state index in [1.165, 1.54) is 30.6 Å². The maximum atomic E-state index is 11.8. The highest BCUT2D eigenvalue weighted by Gasteiger charge is 2.19. The molecule has 0 aliphatic heterocycles. The predicted octanol–water partition coefficient (Wildman–Crippen LogP) is 6.60. The molecule has 1 aliphatic rings. The lowest BCUT2D eigenvalue weighted by Gasteiger charge is -2.22. The van der Waals surface area contributed by atoms with E-state index in [1.807, 2.05) is 30.3 Å². The van der Waals surface area contributed by atoms with Crippen molar-refractivity contribution in [2.75, 3.05) is 0 Å². The number of H-pyrrole nitrogens is 2. The number of ether oxygens (including phenoxy) is 1. The van der Waals surface area contributed by atoms with Crippen molar-refractivity contribution < 1.29 is 9.53 Å². The van der Waals surface area contributed by atoms with Crippen molar-refractivity contribution in [3.63, 3.8) is 0 Å². The van der Waals surface area contributed by atoms with E-state index in [1.54, 1.807) is 31.7 Å². The Kier molecular flexibility index (Phi) is 5.89. The molecule has 0 atom stereocenters. The van der Waals surface area contributed by atoms with Crippen molar-refractivity contribution in [1.82, 2.24) is 35.1 Å². The number of hydrogen-bond donors (Lipinski definition) is 2. The summed E-state index contributed by atoms with van der Waals surface area (Å²) in [6, 6.07) is 9.64. The summed E-state index contributed by atoms with van der Waals surface area (Å²) in [7, 11) is 0. The number of rotatable bonds is 6. The summed E-state index contributed by atoms with van der Waals surface area (Å²) in [5, 5.41) is 8.52. The number of ketones is 1.